The zero-order chi connectivity index (χ0) is 18.6. The Hall–Kier alpha value is -3.08. The molecule has 0 saturated carbocycles. The molecule has 1 amide bonds. The molecular weight excluding hydrogens is 340 g/mol. The Bertz CT molecular complexity index is 971. The highest BCUT2D eigenvalue weighted by atomic mass is 16.5. The predicted molar refractivity (Wildman–Crippen MR) is 105 cm³/mol. The summed E-state index contributed by atoms with van der Waals surface area (Å²) in [7, 11) is 1.61. The summed E-state index contributed by atoms with van der Waals surface area (Å²) in [6.07, 6.45) is 3.35. The molecule has 2 aromatic carbocycles. The van der Waals surface area contributed by atoms with Crippen LogP contribution in [0.15, 0.2) is 54.7 Å². The minimum Gasteiger partial charge on any atom is -0.492 e. The van der Waals surface area contributed by atoms with Crippen molar-refractivity contribution in [3.8, 4) is 22.8 Å². The number of pyridine rings is 1. The van der Waals surface area contributed by atoms with Gasteiger partial charge in [0.05, 0.1) is 13.7 Å². The highest BCUT2D eigenvalue weighted by Gasteiger charge is 2.19. The number of benzene rings is 2. The number of nitrogens with zero attached hydrogens (tertiary/aromatic N) is 2. The molecule has 2 heterocycles. The maximum Gasteiger partial charge on any atom is 0.222 e. The molecule has 138 valence electrons. The van der Waals surface area contributed by atoms with Crippen molar-refractivity contribution < 1.29 is 14.3 Å². The number of hydrogen-bond acceptors (Lipinski definition) is 4. The van der Waals surface area contributed by atoms with Crippen LogP contribution in [-0.4, -0.2) is 42.6 Å². The summed E-state index contributed by atoms with van der Waals surface area (Å²) in [6, 6.07) is 16.2. The molecule has 0 unspecified atom stereocenters. The first-order chi connectivity index (χ1) is 13.2. The summed E-state index contributed by atoms with van der Waals surface area (Å²) < 4.78 is 11.3. The van der Waals surface area contributed by atoms with Gasteiger partial charge in [-0.25, -0.2) is 4.98 Å². The van der Waals surface area contributed by atoms with Gasteiger partial charge in [-0.1, -0.05) is 24.3 Å². The van der Waals surface area contributed by atoms with Crippen LogP contribution in [0.3, 0.4) is 0 Å². The predicted octanol–water partition coefficient (Wildman–Crippen LogP) is 3.91. The number of rotatable bonds is 6. The largest absolute Gasteiger partial charge is 0.492 e. The van der Waals surface area contributed by atoms with Crippen molar-refractivity contribution in [1.82, 2.24) is 9.88 Å². The van der Waals surface area contributed by atoms with E-state index in [4.69, 9.17) is 9.47 Å². The first-order valence-electron chi connectivity index (χ1n) is 9.18. The lowest BCUT2D eigenvalue weighted by atomic mass is 9.98. The Labute approximate surface area is 158 Å². The Kier molecular flexibility index (Phi) is 4.92. The van der Waals surface area contributed by atoms with Gasteiger partial charge >= 0.3 is 0 Å². The molecule has 1 saturated heterocycles. The van der Waals surface area contributed by atoms with E-state index in [0.29, 0.717) is 25.5 Å². The molecule has 1 fully saturated rings. The van der Waals surface area contributed by atoms with E-state index in [-0.39, 0.29) is 5.91 Å². The monoisotopic (exact) mass is 362 g/mol. The van der Waals surface area contributed by atoms with E-state index in [1.165, 1.54) is 0 Å². The number of likely N-dealkylation sites (tertiary alicyclic amines) is 1. The van der Waals surface area contributed by atoms with Crippen LogP contribution in [0.5, 0.6) is 11.6 Å². The molecule has 0 spiro atoms. The van der Waals surface area contributed by atoms with Crippen molar-refractivity contribution in [2.45, 2.75) is 12.8 Å². The third kappa shape index (κ3) is 3.72. The second kappa shape index (κ2) is 7.66. The van der Waals surface area contributed by atoms with Crippen LogP contribution in [-0.2, 0) is 4.79 Å². The van der Waals surface area contributed by atoms with E-state index in [1.807, 2.05) is 41.3 Å². The second-order valence-electron chi connectivity index (χ2n) is 6.61. The SMILES string of the molecule is COc1cc(-c2cc(OCCN3CCCC3=O)cc3ccccc23)ccn1. The van der Waals surface area contributed by atoms with E-state index in [2.05, 4.69) is 17.1 Å². The van der Waals surface area contributed by atoms with Gasteiger partial charge in [0.1, 0.15) is 12.4 Å². The van der Waals surface area contributed by atoms with Gasteiger partial charge in [0.25, 0.3) is 0 Å². The fraction of sp³-hybridized carbons (Fsp3) is 0.273. The lowest BCUT2D eigenvalue weighted by Crippen LogP contribution is -2.29. The fourth-order valence-corrected chi connectivity index (χ4v) is 3.51. The van der Waals surface area contributed by atoms with Crippen LogP contribution in [0, 0.1) is 0 Å². The van der Waals surface area contributed by atoms with Crippen molar-refractivity contribution in [2.24, 2.45) is 0 Å². The Morgan fingerprint density at radius 3 is 2.85 bits per heavy atom. The van der Waals surface area contributed by atoms with E-state index in [1.54, 1.807) is 13.3 Å². The van der Waals surface area contributed by atoms with Crippen molar-refractivity contribution in [2.75, 3.05) is 26.8 Å². The number of carbonyl (C=O) groups excluding carboxylic acids is 1. The number of hydrogen-bond donors (Lipinski definition) is 0. The summed E-state index contributed by atoms with van der Waals surface area (Å²) in [4.78, 5) is 17.8. The molecule has 1 aliphatic heterocycles. The van der Waals surface area contributed by atoms with Gasteiger partial charge < -0.3 is 14.4 Å². The maximum absolute atomic E-state index is 11.7. The molecule has 5 nitrogen and oxygen atoms in total. The first kappa shape index (κ1) is 17.3. The molecule has 0 bridgehead atoms. The van der Waals surface area contributed by atoms with Crippen LogP contribution in [0.2, 0.25) is 0 Å². The molecule has 3 aromatic rings. The van der Waals surface area contributed by atoms with Gasteiger partial charge in [-0.15, -0.1) is 0 Å². The van der Waals surface area contributed by atoms with Crippen LogP contribution >= 0.6 is 0 Å². The number of ether oxygens (including phenoxy) is 2. The van der Waals surface area contributed by atoms with Gasteiger partial charge in [0.2, 0.25) is 11.8 Å². The van der Waals surface area contributed by atoms with Crippen LogP contribution < -0.4 is 9.47 Å². The summed E-state index contributed by atoms with van der Waals surface area (Å²) in [5, 5.41) is 2.26. The van der Waals surface area contributed by atoms with Crippen molar-refractivity contribution >= 4 is 16.7 Å². The summed E-state index contributed by atoms with van der Waals surface area (Å²) in [5.41, 5.74) is 2.10. The molecule has 0 aliphatic carbocycles. The minimum atomic E-state index is 0.224. The Morgan fingerprint density at radius 1 is 1.15 bits per heavy atom. The zero-order valence-corrected chi connectivity index (χ0v) is 15.4. The van der Waals surface area contributed by atoms with E-state index < -0.39 is 0 Å². The standard InChI is InChI=1S/C22H22N2O3/c1-26-21-14-17(8-9-23-21)20-15-18(13-16-5-2-3-6-19(16)20)27-12-11-24-10-4-7-22(24)25/h2-3,5-6,8-9,13-15H,4,7,10-12H2,1H3. The smallest absolute Gasteiger partial charge is 0.222 e. The molecule has 1 aliphatic rings. The van der Waals surface area contributed by atoms with Gasteiger partial charge in [0, 0.05) is 25.2 Å². The Balaban J connectivity index is 1.63. The molecule has 1 aromatic heterocycles. The van der Waals surface area contributed by atoms with Gasteiger partial charge in [-0.3, -0.25) is 4.79 Å². The van der Waals surface area contributed by atoms with Crippen molar-refractivity contribution in [3.05, 3.63) is 54.7 Å². The minimum absolute atomic E-state index is 0.224. The highest BCUT2D eigenvalue weighted by molar-refractivity contribution is 5.98. The Morgan fingerprint density at radius 2 is 2.04 bits per heavy atom. The molecule has 0 atom stereocenters. The molecule has 0 radical (unpaired) electrons. The van der Waals surface area contributed by atoms with Gasteiger partial charge in [-0.2, -0.15) is 0 Å². The van der Waals surface area contributed by atoms with Crippen LogP contribution in [0.1, 0.15) is 12.8 Å². The van der Waals surface area contributed by atoms with Crippen molar-refractivity contribution in [1.29, 1.82) is 0 Å². The number of carbonyl (C=O) groups is 1. The number of aromatic nitrogens is 1. The summed E-state index contributed by atoms with van der Waals surface area (Å²) in [6.45, 7) is 1.95. The lowest BCUT2D eigenvalue weighted by molar-refractivity contribution is -0.128. The summed E-state index contributed by atoms with van der Waals surface area (Å²) >= 11 is 0. The molecule has 0 N–H and O–H groups in total. The zero-order valence-electron chi connectivity index (χ0n) is 15.4. The fourth-order valence-electron chi connectivity index (χ4n) is 3.51. The number of amides is 1. The molecule has 4 rings (SSSR count). The topological polar surface area (TPSA) is 51.7 Å². The molecule has 27 heavy (non-hydrogen) atoms. The third-order valence-corrected chi connectivity index (χ3v) is 4.89. The molecular formula is C22H22N2O3. The number of methoxy groups -OCH3 is 1. The van der Waals surface area contributed by atoms with Crippen LogP contribution in [0.4, 0.5) is 0 Å². The lowest BCUT2D eigenvalue weighted by Gasteiger charge is -2.17. The average molecular weight is 362 g/mol. The third-order valence-electron chi connectivity index (χ3n) is 4.89. The number of fused-ring (bicyclic) bond motifs is 1. The van der Waals surface area contributed by atoms with Gasteiger partial charge in [0.15, 0.2) is 0 Å². The average Bonchev–Trinajstić information content (AvgIpc) is 3.12. The first-order valence-corrected chi connectivity index (χ1v) is 9.18. The quantitative estimate of drug-likeness (QED) is 0.667. The second-order valence-corrected chi connectivity index (χ2v) is 6.61. The van der Waals surface area contributed by atoms with E-state index in [0.717, 1.165) is 40.6 Å². The van der Waals surface area contributed by atoms with Crippen molar-refractivity contribution in [3.63, 3.8) is 0 Å². The maximum atomic E-state index is 11.7. The molecule has 5 heteroatoms. The van der Waals surface area contributed by atoms with Crippen LogP contribution in [0.25, 0.3) is 21.9 Å². The normalized spacial score (nSPS) is 14.0. The van der Waals surface area contributed by atoms with E-state index >= 15 is 0 Å². The van der Waals surface area contributed by atoms with E-state index in [9.17, 15) is 4.79 Å². The van der Waals surface area contributed by atoms with Gasteiger partial charge in [-0.05, 0) is 46.5 Å². The highest BCUT2D eigenvalue weighted by Crippen LogP contribution is 2.34. The summed E-state index contributed by atoms with van der Waals surface area (Å²) in [5.74, 6) is 1.60.